The van der Waals surface area contributed by atoms with Crippen LogP contribution in [-0.4, -0.2) is 41.2 Å². The van der Waals surface area contributed by atoms with Crippen molar-refractivity contribution in [2.75, 3.05) is 11.5 Å². The fraction of sp³-hybridized carbons (Fsp3) is 0.200. The third kappa shape index (κ3) is 4.31. The van der Waals surface area contributed by atoms with Gasteiger partial charge in [-0.25, -0.2) is 17.5 Å². The summed E-state index contributed by atoms with van der Waals surface area (Å²) in [5.74, 6) is -0.753. The average Bonchev–Trinajstić information content (AvgIpc) is 3.30. The minimum atomic E-state index is -3.16. The molecule has 3 aromatic carbocycles. The molecule has 5 rings (SSSR count). The summed E-state index contributed by atoms with van der Waals surface area (Å²) >= 11 is 6.20. The van der Waals surface area contributed by atoms with Crippen LogP contribution in [-0.2, 0) is 9.84 Å². The van der Waals surface area contributed by atoms with E-state index in [9.17, 15) is 17.6 Å². The number of carbonyl (C=O) groups is 1. The van der Waals surface area contributed by atoms with E-state index in [4.69, 9.17) is 16.7 Å². The summed E-state index contributed by atoms with van der Waals surface area (Å²) in [6.07, 6.45) is 0.371. The predicted molar refractivity (Wildman–Crippen MR) is 131 cm³/mol. The Morgan fingerprint density at radius 2 is 1.88 bits per heavy atom. The van der Waals surface area contributed by atoms with Gasteiger partial charge in [0.2, 0.25) is 0 Å². The van der Waals surface area contributed by atoms with Crippen molar-refractivity contribution in [2.45, 2.75) is 18.9 Å². The van der Waals surface area contributed by atoms with E-state index in [-0.39, 0.29) is 23.2 Å². The Hall–Kier alpha value is -3.23. The molecule has 4 aromatic rings. The fourth-order valence-corrected chi connectivity index (χ4v) is 6.62. The van der Waals surface area contributed by atoms with Crippen molar-refractivity contribution in [3.8, 4) is 16.9 Å². The van der Waals surface area contributed by atoms with Gasteiger partial charge in [-0.15, -0.1) is 0 Å². The molecule has 1 atom stereocenters. The Bertz CT molecular complexity index is 1530. The van der Waals surface area contributed by atoms with Gasteiger partial charge in [0.1, 0.15) is 11.5 Å². The van der Waals surface area contributed by atoms with Crippen molar-refractivity contribution in [1.29, 1.82) is 0 Å². The van der Waals surface area contributed by atoms with Crippen LogP contribution in [0.2, 0.25) is 5.02 Å². The normalized spacial score (nSPS) is 19.4. The number of nitrogens with zero attached hydrogens (tertiary/aromatic N) is 2. The van der Waals surface area contributed by atoms with Crippen LogP contribution in [0.25, 0.3) is 27.8 Å². The van der Waals surface area contributed by atoms with E-state index in [2.05, 4.69) is 5.32 Å². The molecule has 1 aromatic heterocycles. The zero-order valence-corrected chi connectivity index (χ0v) is 19.8. The molecule has 0 aliphatic carbocycles. The number of nitrogens with one attached hydrogen (secondary N) is 1. The number of aromatic nitrogens is 2. The maximum Gasteiger partial charge on any atom is 0.251 e. The molecule has 1 aliphatic heterocycles. The van der Waals surface area contributed by atoms with Gasteiger partial charge in [-0.05, 0) is 67.9 Å². The van der Waals surface area contributed by atoms with Crippen LogP contribution in [0.15, 0.2) is 66.7 Å². The van der Waals surface area contributed by atoms with Crippen molar-refractivity contribution >= 4 is 38.2 Å². The third-order valence-electron chi connectivity index (χ3n) is 6.03. The zero-order valence-electron chi connectivity index (χ0n) is 18.3. The zero-order chi connectivity index (χ0) is 24.1. The van der Waals surface area contributed by atoms with E-state index < -0.39 is 15.4 Å². The Balaban J connectivity index is 1.61. The number of amides is 1. The number of fused-ring (bicyclic) bond motifs is 1. The highest BCUT2D eigenvalue weighted by molar-refractivity contribution is 7.91. The van der Waals surface area contributed by atoms with Crippen molar-refractivity contribution < 1.29 is 17.6 Å². The van der Waals surface area contributed by atoms with Crippen LogP contribution < -0.4 is 5.32 Å². The van der Waals surface area contributed by atoms with E-state index in [1.807, 2.05) is 12.1 Å². The van der Waals surface area contributed by atoms with Crippen molar-refractivity contribution in [3.05, 3.63) is 83.1 Å². The summed E-state index contributed by atoms with van der Waals surface area (Å²) in [5.41, 5.74) is 2.32. The minimum absolute atomic E-state index is 0.0587. The van der Waals surface area contributed by atoms with Crippen LogP contribution in [0, 0.1) is 5.82 Å². The highest BCUT2D eigenvalue weighted by Crippen LogP contribution is 2.32. The van der Waals surface area contributed by atoms with Crippen LogP contribution in [0.5, 0.6) is 0 Å². The first kappa shape index (κ1) is 22.6. The van der Waals surface area contributed by atoms with Gasteiger partial charge in [0.25, 0.3) is 5.91 Å². The number of halogens is 2. The van der Waals surface area contributed by atoms with Crippen LogP contribution in [0.1, 0.15) is 23.7 Å². The Kier molecular flexibility index (Phi) is 5.45. The summed E-state index contributed by atoms with van der Waals surface area (Å²) in [7, 11) is -3.16. The van der Waals surface area contributed by atoms with E-state index in [0.717, 1.165) is 10.9 Å². The molecule has 1 aliphatic rings. The van der Waals surface area contributed by atoms with Gasteiger partial charge >= 0.3 is 0 Å². The largest absolute Gasteiger partial charge is 0.346 e. The molecule has 6 nitrogen and oxygen atoms in total. The van der Waals surface area contributed by atoms with Gasteiger partial charge in [-0.2, -0.15) is 5.10 Å². The molecule has 1 unspecified atom stereocenters. The monoisotopic (exact) mass is 497 g/mol. The number of sulfone groups is 1. The summed E-state index contributed by atoms with van der Waals surface area (Å²) in [5, 5.41) is 9.01. The van der Waals surface area contributed by atoms with Crippen molar-refractivity contribution in [3.63, 3.8) is 0 Å². The van der Waals surface area contributed by atoms with Gasteiger partial charge in [-0.1, -0.05) is 23.7 Å². The minimum Gasteiger partial charge on any atom is -0.346 e. The first-order valence-electron chi connectivity index (χ1n) is 10.7. The molecule has 1 amide bonds. The Morgan fingerprint density at radius 1 is 1.12 bits per heavy atom. The lowest BCUT2D eigenvalue weighted by molar-refractivity contribution is 0.0915. The molecule has 0 bridgehead atoms. The number of benzene rings is 3. The third-order valence-corrected chi connectivity index (χ3v) is 8.17. The van der Waals surface area contributed by atoms with E-state index in [1.54, 1.807) is 54.1 Å². The molecule has 1 fully saturated rings. The first-order valence-corrected chi connectivity index (χ1v) is 12.9. The Morgan fingerprint density at radius 3 is 2.56 bits per heavy atom. The number of hydrogen-bond acceptors (Lipinski definition) is 4. The first-order chi connectivity index (χ1) is 16.1. The molecule has 1 saturated heterocycles. The summed E-state index contributed by atoms with van der Waals surface area (Å²) in [6.45, 7) is 1.74. The van der Waals surface area contributed by atoms with Gasteiger partial charge in [-0.3, -0.25) is 4.79 Å². The molecule has 1 N–H and O–H groups in total. The Labute approximate surface area is 201 Å². The highest BCUT2D eigenvalue weighted by atomic mass is 35.5. The molecule has 174 valence electrons. The molecule has 34 heavy (non-hydrogen) atoms. The molecular weight excluding hydrogens is 477 g/mol. The van der Waals surface area contributed by atoms with Crippen LogP contribution in [0.3, 0.4) is 0 Å². The lowest BCUT2D eigenvalue weighted by atomic mass is 10.0. The highest BCUT2D eigenvalue weighted by Gasteiger charge is 2.39. The molecule has 2 heterocycles. The van der Waals surface area contributed by atoms with Gasteiger partial charge in [0.15, 0.2) is 9.84 Å². The summed E-state index contributed by atoms with van der Waals surface area (Å²) < 4.78 is 39.1. The van der Waals surface area contributed by atoms with Crippen LogP contribution in [0.4, 0.5) is 4.39 Å². The van der Waals surface area contributed by atoms with Crippen LogP contribution >= 0.6 is 11.6 Å². The average molecular weight is 498 g/mol. The number of rotatable bonds is 4. The SMILES string of the molecule is CC1(NC(=O)c2ccc3c(-c4cccc(Cl)c4)nn(-c4ccc(F)cc4)c3c2)CCS(=O)(=O)C1. The van der Waals surface area contributed by atoms with E-state index >= 15 is 0 Å². The molecule has 0 spiro atoms. The topological polar surface area (TPSA) is 81.1 Å². The van der Waals surface area contributed by atoms with Crippen molar-refractivity contribution in [1.82, 2.24) is 15.1 Å². The van der Waals surface area contributed by atoms with Gasteiger partial charge < -0.3 is 5.32 Å². The number of hydrogen-bond donors (Lipinski definition) is 1. The van der Waals surface area contributed by atoms with E-state index in [0.29, 0.717) is 33.9 Å². The quantitative estimate of drug-likeness (QED) is 0.439. The smallest absolute Gasteiger partial charge is 0.251 e. The second-order valence-corrected chi connectivity index (χ2v) is 11.5. The summed E-state index contributed by atoms with van der Waals surface area (Å²) in [4.78, 5) is 13.1. The second kappa shape index (κ2) is 8.21. The maximum atomic E-state index is 13.5. The lowest BCUT2D eigenvalue weighted by Gasteiger charge is -2.23. The van der Waals surface area contributed by atoms with Crippen molar-refractivity contribution in [2.24, 2.45) is 0 Å². The summed E-state index contributed by atoms with van der Waals surface area (Å²) in [6, 6.07) is 18.4. The lowest BCUT2D eigenvalue weighted by Crippen LogP contribution is -2.46. The molecule has 9 heteroatoms. The van der Waals surface area contributed by atoms with E-state index in [1.165, 1.54) is 12.1 Å². The molecule has 0 radical (unpaired) electrons. The fourth-order valence-electron chi connectivity index (χ4n) is 4.34. The van der Waals surface area contributed by atoms with Gasteiger partial charge in [0, 0.05) is 21.5 Å². The number of carbonyl (C=O) groups excluding carboxylic acids is 1. The predicted octanol–water partition coefficient (Wildman–Crippen LogP) is 4.79. The van der Waals surface area contributed by atoms with Gasteiger partial charge in [0.05, 0.1) is 28.2 Å². The second-order valence-electron chi connectivity index (χ2n) is 8.84. The standard InChI is InChI=1S/C25H21ClFN3O3S/c1-25(11-12-34(32,33)15-25)28-24(31)17-5-10-21-22(14-17)30(20-8-6-19(27)7-9-20)29-23(21)16-3-2-4-18(26)13-16/h2-10,13-14H,11-12,15H2,1H3,(H,28,31). The molecule has 0 saturated carbocycles. The maximum absolute atomic E-state index is 13.5. The molecular formula is C25H21ClFN3O3S.